The summed E-state index contributed by atoms with van der Waals surface area (Å²) in [6, 6.07) is -1.08. The van der Waals surface area contributed by atoms with Crippen molar-refractivity contribution in [2.75, 3.05) is 6.54 Å². The number of nitrogens with one attached hydrogen (secondary N) is 2. The van der Waals surface area contributed by atoms with E-state index in [0.29, 0.717) is 16.9 Å². The number of hydrogen-bond donors (Lipinski definition) is 2. The highest BCUT2D eigenvalue weighted by atomic mass is 19.4. The maximum atomic E-state index is 14.0. The van der Waals surface area contributed by atoms with Gasteiger partial charge in [-0.3, -0.25) is 4.79 Å². The fraction of sp³-hybridized carbons (Fsp3) is 0.615. The van der Waals surface area contributed by atoms with Gasteiger partial charge in [0.25, 0.3) is 5.91 Å². The first-order valence-electron chi connectivity index (χ1n) is 13.8. The first-order valence-corrected chi connectivity index (χ1v) is 13.8. The highest BCUT2D eigenvalue weighted by molar-refractivity contribution is 5.93. The molecule has 42 heavy (non-hydrogen) atoms. The minimum absolute atomic E-state index is 0.0229. The highest BCUT2D eigenvalue weighted by Crippen LogP contribution is 2.46. The van der Waals surface area contributed by atoms with Gasteiger partial charge in [-0.2, -0.15) is 18.3 Å². The van der Waals surface area contributed by atoms with E-state index in [1.54, 1.807) is 25.4 Å². The molecule has 3 fully saturated rings. The zero-order valence-corrected chi connectivity index (χ0v) is 22.6. The number of amides is 3. The van der Waals surface area contributed by atoms with Gasteiger partial charge in [0.15, 0.2) is 11.3 Å². The first-order chi connectivity index (χ1) is 19.9. The van der Waals surface area contributed by atoms with E-state index in [4.69, 9.17) is 0 Å². The maximum Gasteiger partial charge on any atom is 0.391 e. The van der Waals surface area contributed by atoms with E-state index in [0.717, 1.165) is 12.8 Å². The fourth-order valence-electron chi connectivity index (χ4n) is 6.07. The molecule has 6 rings (SSSR count). The number of imidazole rings is 1. The van der Waals surface area contributed by atoms with Crippen LogP contribution in [-0.4, -0.2) is 66.4 Å². The second-order valence-electron chi connectivity index (χ2n) is 11.5. The monoisotopic (exact) mass is 596 g/mol. The molecule has 1 unspecified atom stereocenters. The summed E-state index contributed by atoms with van der Waals surface area (Å²) in [7, 11) is 0. The van der Waals surface area contributed by atoms with E-state index in [2.05, 4.69) is 35.7 Å². The number of hydrogen-bond acceptors (Lipinski definition) is 7. The standard InChI is InChI=1S/C26H29F5N8O3/c1-13-20(37-42-36-13)23(40)35-21(14-4-6-25(27,28)7-5-14)18-12-39-19(34-18)8-16(10-32-39)22(15-2-3-15)38-11-17(33-24(38)41)9-26(29,30)31/h8,10,12,14-15,17,21-22H,2-7,9,11H2,1H3,(H,33,41)(H,35,40)/t17-,21+,22?/m1/s1. The van der Waals surface area contributed by atoms with Gasteiger partial charge in [-0.05, 0) is 61.2 Å². The number of halogens is 5. The third-order valence-electron chi connectivity index (χ3n) is 8.30. The Kier molecular flexibility index (Phi) is 7.04. The number of fused-ring (bicyclic) bond motifs is 1. The molecule has 1 saturated heterocycles. The van der Waals surface area contributed by atoms with Crippen molar-refractivity contribution in [3.8, 4) is 0 Å². The summed E-state index contributed by atoms with van der Waals surface area (Å²) in [5.74, 6) is -3.61. The molecule has 0 bridgehead atoms. The lowest BCUT2D eigenvalue weighted by Crippen LogP contribution is -2.37. The Morgan fingerprint density at radius 1 is 1.19 bits per heavy atom. The van der Waals surface area contributed by atoms with Gasteiger partial charge in [0.1, 0.15) is 5.69 Å². The largest absolute Gasteiger partial charge is 0.391 e. The van der Waals surface area contributed by atoms with Crippen LogP contribution in [0, 0.1) is 18.8 Å². The smallest absolute Gasteiger partial charge is 0.342 e. The number of alkyl halides is 5. The van der Waals surface area contributed by atoms with Crippen LogP contribution in [0.2, 0.25) is 0 Å². The van der Waals surface area contributed by atoms with Crippen LogP contribution >= 0.6 is 0 Å². The summed E-state index contributed by atoms with van der Waals surface area (Å²) in [5, 5.41) is 17.0. The van der Waals surface area contributed by atoms with E-state index >= 15 is 0 Å². The van der Waals surface area contributed by atoms with Crippen molar-refractivity contribution >= 4 is 17.6 Å². The lowest BCUT2D eigenvalue weighted by molar-refractivity contribution is -0.138. The number of carbonyl (C=O) groups is 2. The highest BCUT2D eigenvalue weighted by Gasteiger charge is 2.45. The molecule has 3 amide bonds. The molecule has 3 aromatic rings. The van der Waals surface area contributed by atoms with E-state index in [9.17, 15) is 31.5 Å². The molecule has 0 aromatic carbocycles. The van der Waals surface area contributed by atoms with Crippen LogP contribution in [0.15, 0.2) is 23.1 Å². The van der Waals surface area contributed by atoms with Crippen LogP contribution in [0.4, 0.5) is 26.7 Å². The van der Waals surface area contributed by atoms with E-state index < -0.39 is 48.6 Å². The van der Waals surface area contributed by atoms with Gasteiger partial charge in [-0.1, -0.05) is 5.16 Å². The Balaban J connectivity index is 1.28. The van der Waals surface area contributed by atoms with Crippen molar-refractivity contribution in [2.24, 2.45) is 11.8 Å². The second kappa shape index (κ2) is 10.5. The Labute approximate surface area is 236 Å². The molecular formula is C26H29F5N8O3. The molecule has 1 aliphatic heterocycles. The molecule has 3 aliphatic rings. The molecule has 3 atom stereocenters. The topological polar surface area (TPSA) is 131 Å². The molecule has 2 aliphatic carbocycles. The molecule has 0 radical (unpaired) electrons. The van der Waals surface area contributed by atoms with Crippen LogP contribution < -0.4 is 10.6 Å². The van der Waals surface area contributed by atoms with Gasteiger partial charge in [-0.15, -0.1) is 0 Å². The quantitative estimate of drug-likeness (QED) is 0.366. The average molecular weight is 597 g/mol. The predicted octanol–water partition coefficient (Wildman–Crippen LogP) is 4.51. The van der Waals surface area contributed by atoms with E-state index in [1.165, 1.54) is 9.42 Å². The number of aromatic nitrogens is 5. The molecule has 3 aromatic heterocycles. The molecule has 0 spiro atoms. The fourth-order valence-corrected chi connectivity index (χ4v) is 6.07. The van der Waals surface area contributed by atoms with Gasteiger partial charge < -0.3 is 15.5 Å². The van der Waals surface area contributed by atoms with Gasteiger partial charge in [-0.25, -0.2) is 27.7 Å². The van der Waals surface area contributed by atoms with Crippen molar-refractivity contribution < 1.29 is 36.2 Å². The zero-order chi connectivity index (χ0) is 29.8. The Morgan fingerprint density at radius 2 is 1.93 bits per heavy atom. The lowest BCUT2D eigenvalue weighted by Gasteiger charge is -2.33. The minimum Gasteiger partial charge on any atom is -0.342 e. The van der Waals surface area contributed by atoms with E-state index in [-0.39, 0.29) is 55.5 Å². The molecule has 2 N–H and O–H groups in total. The molecular weight excluding hydrogens is 567 g/mol. The maximum absolute atomic E-state index is 14.0. The Bertz CT molecular complexity index is 1480. The first kappa shape index (κ1) is 28.3. The minimum atomic E-state index is -4.40. The van der Waals surface area contributed by atoms with Crippen LogP contribution in [0.25, 0.3) is 5.65 Å². The third-order valence-corrected chi connectivity index (χ3v) is 8.30. The summed E-state index contributed by atoms with van der Waals surface area (Å²) >= 11 is 0. The molecule has 2 saturated carbocycles. The van der Waals surface area contributed by atoms with Crippen molar-refractivity contribution in [3.63, 3.8) is 0 Å². The number of aryl methyl sites for hydroxylation is 1. The van der Waals surface area contributed by atoms with Crippen LogP contribution in [0.1, 0.15) is 84.5 Å². The van der Waals surface area contributed by atoms with Crippen LogP contribution in [-0.2, 0) is 0 Å². The van der Waals surface area contributed by atoms with Gasteiger partial charge in [0, 0.05) is 19.4 Å². The summed E-state index contributed by atoms with van der Waals surface area (Å²) in [4.78, 5) is 31.9. The van der Waals surface area contributed by atoms with Crippen molar-refractivity contribution in [3.05, 3.63) is 41.1 Å². The SMILES string of the molecule is Cc1nonc1C(=O)N[C@H](c1cn2ncc(C(C3CC3)N3C[C@@H](CC(F)(F)F)NC3=O)cc2n1)C1CCC(F)(F)CC1. The Morgan fingerprint density at radius 3 is 2.57 bits per heavy atom. The zero-order valence-electron chi connectivity index (χ0n) is 22.6. The average Bonchev–Trinajstić information content (AvgIpc) is 3.33. The molecule has 4 heterocycles. The molecule has 11 nitrogen and oxygen atoms in total. The Hall–Kier alpha value is -3.85. The molecule has 226 valence electrons. The number of urea groups is 1. The summed E-state index contributed by atoms with van der Waals surface area (Å²) in [5.41, 5.74) is 1.68. The van der Waals surface area contributed by atoms with Crippen molar-refractivity contribution in [1.82, 2.24) is 40.4 Å². The lowest BCUT2D eigenvalue weighted by atomic mass is 9.81. The second-order valence-corrected chi connectivity index (χ2v) is 11.5. The van der Waals surface area contributed by atoms with Crippen LogP contribution in [0.3, 0.4) is 0 Å². The summed E-state index contributed by atoms with van der Waals surface area (Å²) < 4.78 is 73.0. The van der Waals surface area contributed by atoms with Gasteiger partial charge >= 0.3 is 12.2 Å². The van der Waals surface area contributed by atoms with Crippen LogP contribution in [0.5, 0.6) is 0 Å². The third kappa shape index (κ3) is 5.88. The van der Waals surface area contributed by atoms with Crippen molar-refractivity contribution in [1.29, 1.82) is 0 Å². The number of rotatable bonds is 8. The summed E-state index contributed by atoms with van der Waals surface area (Å²) in [6.45, 7) is 1.47. The number of nitrogens with zero attached hydrogens (tertiary/aromatic N) is 6. The number of carbonyl (C=O) groups excluding carboxylic acids is 2. The van der Waals surface area contributed by atoms with Crippen molar-refractivity contribution in [2.45, 2.75) is 82.1 Å². The normalized spacial score (nSPS) is 22.8. The summed E-state index contributed by atoms with van der Waals surface area (Å²) in [6.07, 6.45) is -1.03. The predicted molar refractivity (Wildman–Crippen MR) is 134 cm³/mol. The van der Waals surface area contributed by atoms with Gasteiger partial charge in [0.05, 0.1) is 42.6 Å². The van der Waals surface area contributed by atoms with E-state index in [1.807, 2.05) is 0 Å². The molecule has 16 heteroatoms. The van der Waals surface area contributed by atoms with Gasteiger partial charge in [0.2, 0.25) is 5.92 Å².